The first-order chi connectivity index (χ1) is 17.9. The van der Waals surface area contributed by atoms with Crippen LogP contribution in [-0.4, -0.2) is 37.1 Å². The topological polar surface area (TPSA) is 59.0 Å². The summed E-state index contributed by atoms with van der Waals surface area (Å²) in [5.41, 5.74) is 3.41. The Labute approximate surface area is 214 Å². The molecule has 0 radical (unpaired) electrons. The van der Waals surface area contributed by atoms with E-state index < -0.39 is 0 Å². The van der Waals surface area contributed by atoms with Crippen molar-refractivity contribution >= 4 is 11.5 Å². The zero-order chi connectivity index (χ0) is 24.4. The minimum absolute atomic E-state index is 0.527. The number of hydrogen-bond donors (Lipinski definition) is 1. The van der Waals surface area contributed by atoms with Gasteiger partial charge in [0.25, 0.3) is 0 Å². The zero-order valence-electron chi connectivity index (χ0n) is 21.0. The molecule has 2 aromatic carbocycles. The van der Waals surface area contributed by atoms with Gasteiger partial charge in [-0.05, 0) is 80.5 Å². The van der Waals surface area contributed by atoms with Crippen LogP contribution in [0.5, 0.6) is 17.4 Å². The monoisotopic (exact) mass is 484 g/mol. The van der Waals surface area contributed by atoms with E-state index in [1.54, 1.807) is 6.20 Å². The van der Waals surface area contributed by atoms with Gasteiger partial charge in [0, 0.05) is 38.1 Å². The number of para-hydroxylation sites is 2. The molecular formula is C30H36N4O2. The van der Waals surface area contributed by atoms with Crippen molar-refractivity contribution in [1.29, 1.82) is 0 Å². The van der Waals surface area contributed by atoms with Crippen molar-refractivity contribution in [3.63, 3.8) is 0 Å². The van der Waals surface area contributed by atoms with E-state index in [1.807, 2.05) is 36.4 Å². The Balaban J connectivity index is 1.39. The predicted octanol–water partition coefficient (Wildman–Crippen LogP) is 6.35. The number of fused-ring (bicyclic) bond motifs is 2. The van der Waals surface area contributed by atoms with Crippen LogP contribution in [0, 0.1) is 0 Å². The van der Waals surface area contributed by atoms with Gasteiger partial charge in [0.1, 0.15) is 5.84 Å². The number of ether oxygens (including phenoxy) is 2. The Bertz CT molecular complexity index is 1160. The number of aliphatic imine (C=N–C) groups is 1. The van der Waals surface area contributed by atoms with Gasteiger partial charge in [0.05, 0.1) is 12.2 Å². The summed E-state index contributed by atoms with van der Waals surface area (Å²) in [6.07, 6.45) is 9.97. The quantitative estimate of drug-likeness (QED) is 0.469. The molecule has 0 unspecified atom stereocenters. The van der Waals surface area contributed by atoms with Crippen molar-refractivity contribution in [3.05, 3.63) is 78.0 Å². The molecule has 5 rings (SSSR count). The van der Waals surface area contributed by atoms with E-state index in [9.17, 15) is 0 Å². The summed E-state index contributed by atoms with van der Waals surface area (Å²) in [6.45, 7) is 4.43. The van der Waals surface area contributed by atoms with Crippen LogP contribution in [-0.2, 0) is 6.54 Å². The molecule has 1 fully saturated rings. The maximum Gasteiger partial charge on any atom is 0.230 e. The third-order valence-electron chi connectivity index (χ3n) is 6.75. The van der Waals surface area contributed by atoms with Crippen molar-refractivity contribution in [2.75, 3.05) is 31.1 Å². The zero-order valence-corrected chi connectivity index (χ0v) is 21.0. The van der Waals surface area contributed by atoms with Crippen LogP contribution < -0.4 is 19.7 Å². The summed E-state index contributed by atoms with van der Waals surface area (Å²) in [4.78, 5) is 12.0. The number of piperidine rings is 1. The molecule has 0 aliphatic carbocycles. The number of benzene rings is 2. The number of nitrogens with zero attached hydrogens (tertiary/aromatic N) is 3. The standard InChI is InChI=1S/C30H36N4O2/c1-2-9-21-35-27-15-4-5-16-28(27)36-30-26(14-11-18-32-30)29(31-17-6-1)33-23-24-12-10-13-25(22-24)34-19-7-3-8-20-34/h4-5,10-16,18,22H,1-3,6-9,17,19-21,23H2,(H,31,33). The van der Waals surface area contributed by atoms with Gasteiger partial charge in [-0.15, -0.1) is 0 Å². The molecular weight excluding hydrogens is 448 g/mol. The second kappa shape index (κ2) is 12.4. The van der Waals surface area contributed by atoms with E-state index in [-0.39, 0.29) is 0 Å². The molecule has 0 bridgehead atoms. The van der Waals surface area contributed by atoms with Crippen molar-refractivity contribution in [2.24, 2.45) is 4.99 Å². The van der Waals surface area contributed by atoms with Crippen LogP contribution in [0.1, 0.15) is 56.1 Å². The maximum atomic E-state index is 6.30. The minimum Gasteiger partial charge on any atom is -0.490 e. The third-order valence-corrected chi connectivity index (χ3v) is 6.75. The fourth-order valence-electron chi connectivity index (χ4n) is 4.79. The second-order valence-corrected chi connectivity index (χ2v) is 9.47. The highest BCUT2D eigenvalue weighted by Gasteiger charge is 2.16. The lowest BCUT2D eigenvalue weighted by Crippen LogP contribution is -2.29. The summed E-state index contributed by atoms with van der Waals surface area (Å²) in [5, 5.41) is 3.61. The highest BCUT2D eigenvalue weighted by Crippen LogP contribution is 2.32. The summed E-state index contributed by atoms with van der Waals surface area (Å²) in [5.74, 6) is 2.76. The number of amidine groups is 1. The Morgan fingerprint density at radius 3 is 2.56 bits per heavy atom. The molecule has 0 atom stereocenters. The van der Waals surface area contributed by atoms with E-state index in [4.69, 9.17) is 14.5 Å². The Morgan fingerprint density at radius 2 is 1.64 bits per heavy atom. The van der Waals surface area contributed by atoms with Crippen LogP contribution in [0.25, 0.3) is 0 Å². The molecule has 1 N–H and O–H groups in total. The van der Waals surface area contributed by atoms with Crippen molar-refractivity contribution in [1.82, 2.24) is 10.3 Å². The smallest absolute Gasteiger partial charge is 0.230 e. The van der Waals surface area contributed by atoms with Gasteiger partial charge in [0.2, 0.25) is 5.88 Å². The fourth-order valence-corrected chi connectivity index (χ4v) is 4.79. The molecule has 6 nitrogen and oxygen atoms in total. The van der Waals surface area contributed by atoms with Crippen molar-refractivity contribution in [3.8, 4) is 17.4 Å². The summed E-state index contributed by atoms with van der Waals surface area (Å²) in [7, 11) is 0. The van der Waals surface area contributed by atoms with Crippen LogP contribution >= 0.6 is 0 Å². The fraction of sp³-hybridized carbons (Fsp3) is 0.400. The van der Waals surface area contributed by atoms with Gasteiger partial charge in [-0.2, -0.15) is 0 Å². The first-order valence-electron chi connectivity index (χ1n) is 13.3. The number of aromatic nitrogens is 1. The molecule has 3 aromatic rings. The van der Waals surface area contributed by atoms with Gasteiger partial charge in [-0.3, -0.25) is 4.99 Å². The number of anilines is 1. The van der Waals surface area contributed by atoms with Crippen molar-refractivity contribution < 1.29 is 9.47 Å². The third kappa shape index (κ3) is 6.36. The highest BCUT2D eigenvalue weighted by atomic mass is 16.5. The molecule has 1 saturated heterocycles. The molecule has 0 saturated carbocycles. The van der Waals surface area contributed by atoms with E-state index >= 15 is 0 Å². The molecule has 6 heteroatoms. The lowest BCUT2D eigenvalue weighted by molar-refractivity contribution is 0.290. The van der Waals surface area contributed by atoms with E-state index in [1.165, 1.54) is 30.5 Å². The number of rotatable bonds is 3. The van der Waals surface area contributed by atoms with Gasteiger partial charge in [-0.25, -0.2) is 4.98 Å². The van der Waals surface area contributed by atoms with Crippen molar-refractivity contribution in [2.45, 2.75) is 51.5 Å². The molecule has 188 valence electrons. The molecule has 0 amide bonds. The lowest BCUT2D eigenvalue weighted by Gasteiger charge is -2.29. The lowest BCUT2D eigenvalue weighted by atomic mass is 10.1. The van der Waals surface area contributed by atoms with Crippen LogP contribution in [0.3, 0.4) is 0 Å². The first-order valence-corrected chi connectivity index (χ1v) is 13.3. The first kappa shape index (κ1) is 24.2. The average molecular weight is 485 g/mol. The SMILES string of the molecule is c1cc(CNC2=NCCCCCCOc3ccccc3Oc3ncccc32)cc(N2CCCCC2)c1. The number of nitrogens with one attached hydrogen (secondary N) is 1. The average Bonchev–Trinajstić information content (AvgIpc) is 2.93. The highest BCUT2D eigenvalue weighted by molar-refractivity contribution is 6.00. The van der Waals surface area contributed by atoms with Crippen LogP contribution in [0.4, 0.5) is 5.69 Å². The molecule has 2 aliphatic heterocycles. The Hall–Kier alpha value is -3.54. The van der Waals surface area contributed by atoms with E-state index in [0.717, 1.165) is 62.5 Å². The van der Waals surface area contributed by atoms with Gasteiger partial charge in [-0.1, -0.05) is 30.7 Å². The van der Waals surface area contributed by atoms with Crippen LogP contribution in [0.2, 0.25) is 0 Å². The summed E-state index contributed by atoms with van der Waals surface area (Å²) < 4.78 is 12.3. The second-order valence-electron chi connectivity index (χ2n) is 9.47. The predicted molar refractivity (Wildman–Crippen MR) is 145 cm³/mol. The van der Waals surface area contributed by atoms with Crippen LogP contribution in [0.15, 0.2) is 71.9 Å². The van der Waals surface area contributed by atoms with E-state index in [2.05, 4.69) is 39.5 Å². The molecule has 2 aliphatic rings. The maximum absolute atomic E-state index is 6.30. The normalized spacial score (nSPS) is 16.9. The largest absolute Gasteiger partial charge is 0.490 e. The van der Waals surface area contributed by atoms with Gasteiger partial charge < -0.3 is 19.7 Å². The molecule has 3 heterocycles. The van der Waals surface area contributed by atoms with Gasteiger partial charge in [0.15, 0.2) is 11.5 Å². The summed E-state index contributed by atoms with van der Waals surface area (Å²) >= 11 is 0. The number of pyridine rings is 1. The Kier molecular flexibility index (Phi) is 8.34. The minimum atomic E-state index is 0.527. The summed E-state index contributed by atoms with van der Waals surface area (Å²) in [6, 6.07) is 20.6. The Morgan fingerprint density at radius 1 is 0.806 bits per heavy atom. The number of hydrogen-bond acceptors (Lipinski definition) is 6. The molecule has 1 aromatic heterocycles. The van der Waals surface area contributed by atoms with E-state index in [0.29, 0.717) is 24.8 Å². The molecule has 36 heavy (non-hydrogen) atoms. The molecule has 0 spiro atoms. The van der Waals surface area contributed by atoms with Gasteiger partial charge >= 0.3 is 0 Å².